The standard InChI is InChI=1S/C16H22BrNO5S/c1-4-18(12-5-6-24(20,21)10-12)16(19)8-11-7-14(22-2)15(23-3)9-13(11)17/h7,9,12H,4-6,8,10H2,1-3H3/t12-/m1/s1. The van der Waals surface area contributed by atoms with Crippen LogP contribution in [0.2, 0.25) is 0 Å². The van der Waals surface area contributed by atoms with Gasteiger partial charge in [0.05, 0.1) is 32.1 Å². The number of methoxy groups -OCH3 is 2. The van der Waals surface area contributed by atoms with Gasteiger partial charge in [-0.25, -0.2) is 8.42 Å². The molecule has 1 fully saturated rings. The Hall–Kier alpha value is -1.28. The zero-order valence-electron chi connectivity index (χ0n) is 14.0. The molecule has 0 radical (unpaired) electrons. The number of sulfone groups is 1. The Morgan fingerprint density at radius 1 is 1.29 bits per heavy atom. The monoisotopic (exact) mass is 419 g/mol. The summed E-state index contributed by atoms with van der Waals surface area (Å²) in [5.74, 6) is 1.25. The van der Waals surface area contributed by atoms with Crippen molar-refractivity contribution in [2.45, 2.75) is 25.8 Å². The van der Waals surface area contributed by atoms with Crippen LogP contribution in [-0.4, -0.2) is 57.5 Å². The second-order valence-corrected chi connectivity index (χ2v) is 8.80. The molecule has 2 rings (SSSR count). The first-order chi connectivity index (χ1) is 11.3. The van der Waals surface area contributed by atoms with Crippen LogP contribution in [0.25, 0.3) is 0 Å². The molecule has 1 saturated heterocycles. The van der Waals surface area contributed by atoms with Gasteiger partial charge in [-0.2, -0.15) is 0 Å². The van der Waals surface area contributed by atoms with E-state index in [2.05, 4.69) is 15.9 Å². The highest BCUT2D eigenvalue weighted by atomic mass is 79.9. The van der Waals surface area contributed by atoms with Crippen LogP contribution in [0.1, 0.15) is 18.9 Å². The minimum absolute atomic E-state index is 0.0552. The first kappa shape index (κ1) is 19.1. The lowest BCUT2D eigenvalue weighted by Crippen LogP contribution is -2.41. The smallest absolute Gasteiger partial charge is 0.227 e. The lowest BCUT2D eigenvalue weighted by atomic mass is 10.1. The SMILES string of the molecule is CCN(C(=O)Cc1cc(OC)c(OC)cc1Br)[C@@H]1CCS(=O)(=O)C1. The van der Waals surface area contributed by atoms with E-state index in [0.29, 0.717) is 24.5 Å². The summed E-state index contributed by atoms with van der Waals surface area (Å²) in [5.41, 5.74) is 0.775. The lowest BCUT2D eigenvalue weighted by Gasteiger charge is -2.27. The van der Waals surface area contributed by atoms with Crippen LogP contribution in [0.15, 0.2) is 16.6 Å². The van der Waals surface area contributed by atoms with Gasteiger partial charge in [0.15, 0.2) is 21.3 Å². The molecule has 1 aliphatic heterocycles. The van der Waals surface area contributed by atoms with E-state index in [0.717, 1.165) is 10.0 Å². The number of rotatable bonds is 6. The van der Waals surface area contributed by atoms with E-state index in [-0.39, 0.29) is 29.9 Å². The largest absolute Gasteiger partial charge is 0.493 e. The topological polar surface area (TPSA) is 72.9 Å². The molecule has 0 bridgehead atoms. The summed E-state index contributed by atoms with van der Waals surface area (Å²) < 4.78 is 34.6. The Bertz CT molecular complexity index is 719. The molecule has 24 heavy (non-hydrogen) atoms. The van der Waals surface area contributed by atoms with Gasteiger partial charge in [-0.15, -0.1) is 0 Å². The molecule has 0 saturated carbocycles. The fraction of sp³-hybridized carbons (Fsp3) is 0.562. The summed E-state index contributed by atoms with van der Waals surface area (Å²) >= 11 is 3.45. The fourth-order valence-electron chi connectivity index (χ4n) is 2.96. The van der Waals surface area contributed by atoms with Crippen LogP contribution in [0.4, 0.5) is 0 Å². The molecule has 6 nitrogen and oxygen atoms in total. The normalized spacial score (nSPS) is 19.1. The van der Waals surface area contributed by atoms with Gasteiger partial charge in [0.25, 0.3) is 0 Å². The third-order valence-electron chi connectivity index (χ3n) is 4.20. The maximum atomic E-state index is 12.7. The number of carbonyl (C=O) groups excluding carboxylic acids is 1. The van der Waals surface area contributed by atoms with Crippen LogP contribution in [0, 0.1) is 0 Å². The summed E-state index contributed by atoms with van der Waals surface area (Å²) in [5, 5.41) is 0. The summed E-state index contributed by atoms with van der Waals surface area (Å²) in [4.78, 5) is 14.3. The van der Waals surface area contributed by atoms with Gasteiger partial charge in [-0.1, -0.05) is 15.9 Å². The first-order valence-electron chi connectivity index (χ1n) is 7.71. The number of hydrogen-bond donors (Lipinski definition) is 0. The van der Waals surface area contributed by atoms with Gasteiger partial charge in [0, 0.05) is 17.1 Å². The van der Waals surface area contributed by atoms with Gasteiger partial charge >= 0.3 is 0 Å². The second kappa shape index (κ2) is 7.74. The number of ether oxygens (including phenoxy) is 2. The number of benzene rings is 1. The lowest BCUT2D eigenvalue weighted by molar-refractivity contribution is -0.132. The Morgan fingerprint density at radius 3 is 2.42 bits per heavy atom. The Labute approximate surface area is 151 Å². The quantitative estimate of drug-likeness (QED) is 0.705. The minimum atomic E-state index is -3.02. The van der Waals surface area contributed by atoms with Crippen molar-refractivity contribution in [3.05, 3.63) is 22.2 Å². The predicted octanol–water partition coefficient (Wildman–Crippen LogP) is 2.04. The summed E-state index contributed by atoms with van der Waals surface area (Å²) in [7, 11) is 0.0664. The molecule has 0 N–H and O–H groups in total. The fourth-order valence-corrected chi connectivity index (χ4v) is 5.15. The number of likely N-dealkylation sites (N-methyl/N-ethyl adjacent to an activating group) is 1. The molecule has 1 atom stereocenters. The summed E-state index contributed by atoms with van der Waals surface area (Å²) in [6.07, 6.45) is 0.681. The number of nitrogens with zero attached hydrogens (tertiary/aromatic N) is 1. The molecule has 1 amide bonds. The van der Waals surface area contributed by atoms with Gasteiger partial charge in [-0.3, -0.25) is 4.79 Å². The van der Waals surface area contributed by atoms with E-state index in [1.54, 1.807) is 31.3 Å². The molecule has 1 heterocycles. The molecule has 0 aliphatic carbocycles. The molecule has 8 heteroatoms. The van der Waals surface area contributed by atoms with E-state index in [1.807, 2.05) is 6.92 Å². The third-order valence-corrected chi connectivity index (χ3v) is 6.69. The maximum Gasteiger partial charge on any atom is 0.227 e. The zero-order chi connectivity index (χ0) is 17.9. The predicted molar refractivity (Wildman–Crippen MR) is 95.4 cm³/mol. The second-order valence-electron chi connectivity index (χ2n) is 5.71. The number of halogens is 1. The molecule has 0 aromatic heterocycles. The Balaban J connectivity index is 2.19. The van der Waals surface area contributed by atoms with Crippen molar-refractivity contribution in [3.8, 4) is 11.5 Å². The highest BCUT2D eigenvalue weighted by molar-refractivity contribution is 9.10. The van der Waals surface area contributed by atoms with Crippen molar-refractivity contribution in [2.75, 3.05) is 32.3 Å². The van der Waals surface area contributed by atoms with E-state index in [1.165, 1.54) is 0 Å². The first-order valence-corrected chi connectivity index (χ1v) is 10.3. The van der Waals surface area contributed by atoms with Crippen molar-refractivity contribution in [2.24, 2.45) is 0 Å². The third kappa shape index (κ3) is 4.22. The van der Waals surface area contributed by atoms with Gasteiger partial charge < -0.3 is 14.4 Å². The molecule has 1 aromatic carbocycles. The summed E-state index contributed by atoms with van der Waals surface area (Å²) in [6.45, 7) is 2.36. The van der Waals surface area contributed by atoms with Gasteiger partial charge in [0.1, 0.15) is 0 Å². The van der Waals surface area contributed by atoms with Crippen LogP contribution in [0.5, 0.6) is 11.5 Å². The Kier molecular flexibility index (Phi) is 6.14. The average molecular weight is 420 g/mol. The van der Waals surface area contributed by atoms with Crippen molar-refractivity contribution in [1.29, 1.82) is 0 Å². The number of amides is 1. The number of carbonyl (C=O) groups is 1. The van der Waals surface area contributed by atoms with E-state index in [4.69, 9.17) is 9.47 Å². The number of hydrogen-bond acceptors (Lipinski definition) is 5. The van der Waals surface area contributed by atoms with Crippen LogP contribution >= 0.6 is 15.9 Å². The van der Waals surface area contributed by atoms with E-state index >= 15 is 0 Å². The molecule has 1 aromatic rings. The van der Waals surface area contributed by atoms with Crippen LogP contribution in [0.3, 0.4) is 0 Å². The van der Waals surface area contributed by atoms with E-state index < -0.39 is 9.84 Å². The van der Waals surface area contributed by atoms with Crippen LogP contribution in [-0.2, 0) is 21.1 Å². The molecular weight excluding hydrogens is 398 g/mol. The average Bonchev–Trinajstić information content (AvgIpc) is 2.89. The van der Waals surface area contributed by atoms with Crippen molar-refractivity contribution in [3.63, 3.8) is 0 Å². The molecule has 0 unspecified atom stereocenters. The highest BCUT2D eigenvalue weighted by Crippen LogP contribution is 2.34. The van der Waals surface area contributed by atoms with Crippen molar-refractivity contribution >= 4 is 31.7 Å². The molecule has 1 aliphatic rings. The highest BCUT2D eigenvalue weighted by Gasteiger charge is 2.34. The molecule has 134 valence electrons. The maximum absolute atomic E-state index is 12.7. The minimum Gasteiger partial charge on any atom is -0.493 e. The van der Waals surface area contributed by atoms with Crippen molar-refractivity contribution in [1.82, 2.24) is 4.90 Å². The molecular formula is C16H22BrNO5S. The van der Waals surface area contributed by atoms with Crippen LogP contribution < -0.4 is 9.47 Å². The van der Waals surface area contributed by atoms with Crippen molar-refractivity contribution < 1.29 is 22.7 Å². The van der Waals surface area contributed by atoms with E-state index in [9.17, 15) is 13.2 Å². The zero-order valence-corrected chi connectivity index (χ0v) is 16.4. The summed E-state index contributed by atoms with van der Waals surface area (Å²) in [6, 6.07) is 3.30. The Morgan fingerprint density at radius 2 is 1.92 bits per heavy atom. The van der Waals surface area contributed by atoms with Gasteiger partial charge in [-0.05, 0) is 31.0 Å². The van der Waals surface area contributed by atoms with Gasteiger partial charge in [0.2, 0.25) is 5.91 Å². The molecule has 0 spiro atoms.